The summed E-state index contributed by atoms with van der Waals surface area (Å²) < 4.78 is 4.62. The molecule has 4 heteroatoms. The van der Waals surface area contributed by atoms with Crippen LogP contribution in [0.4, 0.5) is 0 Å². The Morgan fingerprint density at radius 3 is 2.27 bits per heavy atom. The summed E-state index contributed by atoms with van der Waals surface area (Å²) in [6, 6.07) is 5.25. The minimum Gasteiger partial charge on any atom is -0.386 e. The van der Waals surface area contributed by atoms with Crippen LogP contribution in [0.2, 0.25) is 0 Å². The number of hydrogen-bond donors (Lipinski definition) is 2. The zero-order chi connectivity index (χ0) is 8.27. The molecule has 0 saturated heterocycles. The lowest BCUT2D eigenvalue weighted by molar-refractivity contribution is 0.482. The third-order valence-electron chi connectivity index (χ3n) is 1.12. The molecule has 0 aliphatic rings. The first kappa shape index (κ1) is 8.31. The number of ether oxygens (including phenoxy) is 1. The van der Waals surface area contributed by atoms with Gasteiger partial charge in [0.05, 0.1) is 0 Å². The van der Waals surface area contributed by atoms with Gasteiger partial charge < -0.3 is 4.74 Å². The highest BCUT2D eigenvalue weighted by atomic mass is 32.1. The van der Waals surface area contributed by atoms with E-state index in [0.29, 0.717) is 15.5 Å². The summed E-state index contributed by atoms with van der Waals surface area (Å²) >= 11 is 8.15. The molecule has 1 aromatic carbocycles. The van der Waals surface area contributed by atoms with Crippen LogP contribution < -0.4 is 4.74 Å². The predicted molar refractivity (Wildman–Crippen MR) is 47.2 cm³/mol. The van der Waals surface area contributed by atoms with E-state index in [4.69, 9.17) is 5.26 Å². The Morgan fingerprint density at radius 2 is 1.82 bits per heavy atom. The highest BCUT2D eigenvalue weighted by Crippen LogP contribution is 2.29. The van der Waals surface area contributed by atoms with E-state index >= 15 is 0 Å². The Morgan fingerprint density at radius 1 is 1.27 bits per heavy atom. The van der Waals surface area contributed by atoms with E-state index in [1.807, 2.05) is 0 Å². The van der Waals surface area contributed by atoms with Crippen molar-refractivity contribution in [3.05, 3.63) is 18.2 Å². The number of thiol groups is 2. The normalized spacial score (nSPS) is 8.82. The average molecular weight is 183 g/mol. The van der Waals surface area contributed by atoms with Gasteiger partial charge in [-0.25, -0.2) is 0 Å². The first-order valence-corrected chi connectivity index (χ1v) is 3.72. The van der Waals surface area contributed by atoms with Crippen molar-refractivity contribution in [2.24, 2.45) is 0 Å². The van der Waals surface area contributed by atoms with E-state index in [9.17, 15) is 0 Å². The van der Waals surface area contributed by atoms with Gasteiger partial charge in [-0.2, -0.15) is 0 Å². The van der Waals surface area contributed by atoms with Crippen LogP contribution in [0, 0.1) is 11.5 Å². The minimum atomic E-state index is 0.404. The monoisotopic (exact) mass is 183 g/mol. The molecule has 0 unspecified atom stereocenters. The number of benzene rings is 1. The molecule has 2 nitrogen and oxygen atoms in total. The van der Waals surface area contributed by atoms with E-state index in [2.05, 4.69) is 30.0 Å². The largest absolute Gasteiger partial charge is 0.386 e. The number of nitrogens with zero attached hydrogens (tertiary/aromatic N) is 1. The molecule has 0 heterocycles. The van der Waals surface area contributed by atoms with E-state index in [1.165, 1.54) is 0 Å². The summed E-state index contributed by atoms with van der Waals surface area (Å²) in [5, 5.41) is 8.23. The van der Waals surface area contributed by atoms with Gasteiger partial charge in [-0.05, 0) is 12.1 Å². The van der Waals surface area contributed by atoms with Gasteiger partial charge in [0.2, 0.25) is 0 Å². The lowest BCUT2D eigenvalue weighted by atomic mass is 10.3. The molecule has 0 spiro atoms. The summed E-state index contributed by atoms with van der Waals surface area (Å²) in [5.41, 5.74) is 0. The third kappa shape index (κ3) is 1.82. The fourth-order valence-electron chi connectivity index (χ4n) is 0.663. The maximum absolute atomic E-state index is 8.23. The van der Waals surface area contributed by atoms with Crippen molar-refractivity contribution in [2.75, 3.05) is 0 Å². The Bertz CT molecular complexity index is 286. The van der Waals surface area contributed by atoms with Crippen LogP contribution in [0.5, 0.6) is 5.75 Å². The van der Waals surface area contributed by atoms with Crippen molar-refractivity contribution in [2.45, 2.75) is 9.79 Å². The van der Waals surface area contributed by atoms with Crippen molar-refractivity contribution in [1.29, 1.82) is 5.26 Å². The first-order chi connectivity index (χ1) is 5.25. The molecule has 0 aromatic heterocycles. The van der Waals surface area contributed by atoms with Gasteiger partial charge in [-0.1, -0.05) is 6.07 Å². The molecule has 1 aromatic rings. The van der Waals surface area contributed by atoms with Crippen LogP contribution in [-0.4, -0.2) is 0 Å². The number of hydrogen-bond acceptors (Lipinski definition) is 4. The minimum absolute atomic E-state index is 0.404. The summed E-state index contributed by atoms with van der Waals surface area (Å²) in [6.45, 7) is 0. The number of para-hydroxylation sites is 1. The average Bonchev–Trinajstić information content (AvgIpc) is 1.97. The second kappa shape index (κ2) is 3.56. The summed E-state index contributed by atoms with van der Waals surface area (Å²) in [5.74, 6) is 0.404. The molecule has 0 saturated carbocycles. The molecule has 0 fully saturated rings. The molecule has 0 N–H and O–H groups in total. The predicted octanol–water partition coefficient (Wildman–Crippen LogP) is 2.12. The maximum atomic E-state index is 8.23. The van der Waals surface area contributed by atoms with Gasteiger partial charge in [-0.15, -0.1) is 30.5 Å². The molecule has 11 heavy (non-hydrogen) atoms. The first-order valence-electron chi connectivity index (χ1n) is 2.82. The van der Waals surface area contributed by atoms with E-state index in [0.717, 1.165) is 0 Å². The lowest BCUT2D eigenvalue weighted by Crippen LogP contribution is -1.84. The summed E-state index contributed by atoms with van der Waals surface area (Å²) in [6.07, 6.45) is 1.57. The van der Waals surface area contributed by atoms with Crippen LogP contribution in [-0.2, 0) is 0 Å². The molecule has 0 aliphatic carbocycles. The molecular formula is C7H5NOS2. The van der Waals surface area contributed by atoms with Crippen LogP contribution in [0.15, 0.2) is 28.0 Å². The summed E-state index contributed by atoms with van der Waals surface area (Å²) in [7, 11) is 0. The van der Waals surface area contributed by atoms with Crippen molar-refractivity contribution in [3.63, 3.8) is 0 Å². The molecule has 0 bridgehead atoms. The van der Waals surface area contributed by atoms with E-state index in [-0.39, 0.29) is 0 Å². The topological polar surface area (TPSA) is 33.0 Å². The smallest absolute Gasteiger partial charge is 0.292 e. The van der Waals surface area contributed by atoms with Crippen molar-refractivity contribution in [3.8, 4) is 12.0 Å². The number of nitriles is 1. The van der Waals surface area contributed by atoms with E-state index in [1.54, 1.807) is 24.5 Å². The van der Waals surface area contributed by atoms with Gasteiger partial charge in [0.1, 0.15) is 0 Å². The Hall–Kier alpha value is -0.790. The Kier molecular flexibility index (Phi) is 2.69. The SMILES string of the molecule is N#COc1c(S)cccc1S. The Balaban J connectivity index is 3.12. The molecule has 0 amide bonds. The maximum Gasteiger partial charge on any atom is 0.292 e. The fourth-order valence-corrected chi connectivity index (χ4v) is 1.26. The van der Waals surface area contributed by atoms with E-state index < -0.39 is 0 Å². The second-order valence-electron chi connectivity index (χ2n) is 1.82. The van der Waals surface area contributed by atoms with Gasteiger partial charge in [0.25, 0.3) is 6.26 Å². The Labute approximate surface area is 75.6 Å². The molecular weight excluding hydrogens is 178 g/mol. The highest BCUT2D eigenvalue weighted by molar-refractivity contribution is 7.81. The molecule has 0 aliphatic heterocycles. The second-order valence-corrected chi connectivity index (χ2v) is 2.78. The van der Waals surface area contributed by atoms with Gasteiger partial charge in [0.15, 0.2) is 5.75 Å². The fraction of sp³-hybridized carbons (Fsp3) is 0. The zero-order valence-corrected chi connectivity index (χ0v) is 7.27. The van der Waals surface area contributed by atoms with Crippen LogP contribution in [0.3, 0.4) is 0 Å². The van der Waals surface area contributed by atoms with Gasteiger partial charge in [0, 0.05) is 9.79 Å². The van der Waals surface area contributed by atoms with Gasteiger partial charge in [-0.3, -0.25) is 0 Å². The van der Waals surface area contributed by atoms with Crippen LogP contribution >= 0.6 is 25.3 Å². The standard InChI is InChI=1S/C7H5NOS2/c8-4-9-7-5(10)2-1-3-6(7)11/h1-3,10-11H. The lowest BCUT2D eigenvalue weighted by Gasteiger charge is -2.01. The van der Waals surface area contributed by atoms with Crippen molar-refractivity contribution < 1.29 is 4.74 Å². The molecule has 56 valence electrons. The summed E-state index contributed by atoms with van der Waals surface area (Å²) in [4.78, 5) is 1.22. The quantitative estimate of drug-likeness (QED) is 0.516. The third-order valence-corrected chi connectivity index (χ3v) is 1.83. The number of rotatable bonds is 1. The molecule has 0 atom stereocenters. The van der Waals surface area contributed by atoms with Crippen molar-refractivity contribution in [1.82, 2.24) is 0 Å². The molecule has 1 rings (SSSR count). The zero-order valence-electron chi connectivity index (χ0n) is 5.48. The van der Waals surface area contributed by atoms with Crippen LogP contribution in [0.1, 0.15) is 0 Å². The van der Waals surface area contributed by atoms with Gasteiger partial charge >= 0.3 is 0 Å². The highest BCUT2D eigenvalue weighted by Gasteiger charge is 2.02. The molecule has 0 radical (unpaired) electrons. The van der Waals surface area contributed by atoms with Crippen LogP contribution in [0.25, 0.3) is 0 Å². The van der Waals surface area contributed by atoms with Crippen molar-refractivity contribution >= 4 is 25.3 Å².